The Morgan fingerprint density at radius 1 is 1.44 bits per heavy atom. The van der Waals surface area contributed by atoms with Crippen molar-refractivity contribution in [3.63, 3.8) is 0 Å². The lowest BCUT2D eigenvalue weighted by molar-refractivity contribution is -0.137. The number of aliphatic hydroxyl groups is 2. The van der Waals surface area contributed by atoms with E-state index in [9.17, 15) is 23.4 Å². The third-order valence-electron chi connectivity index (χ3n) is 2.01. The van der Waals surface area contributed by atoms with Gasteiger partial charge in [-0.25, -0.2) is 4.98 Å². The molecular formula is C9H12F3NO2S. The van der Waals surface area contributed by atoms with Gasteiger partial charge in [-0.1, -0.05) is 13.3 Å². The number of thiazole rings is 1. The van der Waals surface area contributed by atoms with Gasteiger partial charge in [0.2, 0.25) is 0 Å². The zero-order valence-electron chi connectivity index (χ0n) is 8.53. The summed E-state index contributed by atoms with van der Waals surface area (Å²) in [6.07, 6.45) is -4.92. The maximum Gasteiger partial charge on any atom is 0.443 e. The Morgan fingerprint density at radius 2 is 2.06 bits per heavy atom. The Kier molecular flexibility index (Phi) is 4.28. The van der Waals surface area contributed by atoms with Crippen molar-refractivity contribution < 1.29 is 23.4 Å². The minimum atomic E-state index is -4.50. The van der Waals surface area contributed by atoms with Crippen LogP contribution in [0.25, 0.3) is 0 Å². The number of hydrogen-bond acceptors (Lipinski definition) is 4. The molecule has 16 heavy (non-hydrogen) atoms. The van der Waals surface area contributed by atoms with Crippen molar-refractivity contribution in [3.05, 3.63) is 16.1 Å². The van der Waals surface area contributed by atoms with Gasteiger partial charge in [-0.3, -0.25) is 0 Å². The molecule has 0 fully saturated rings. The van der Waals surface area contributed by atoms with Gasteiger partial charge in [0, 0.05) is 6.20 Å². The van der Waals surface area contributed by atoms with Gasteiger partial charge in [0.25, 0.3) is 0 Å². The number of aromatic nitrogens is 1. The minimum absolute atomic E-state index is 0.0354. The molecule has 3 nitrogen and oxygen atoms in total. The molecule has 0 aliphatic heterocycles. The first-order valence-electron chi connectivity index (χ1n) is 4.75. The van der Waals surface area contributed by atoms with Gasteiger partial charge in [0.1, 0.15) is 6.10 Å². The molecule has 2 atom stereocenters. The number of rotatable bonds is 4. The summed E-state index contributed by atoms with van der Waals surface area (Å²) in [5.41, 5.74) is 0. The smallest absolute Gasteiger partial charge is 0.390 e. The van der Waals surface area contributed by atoms with Crippen LogP contribution >= 0.6 is 11.3 Å². The second-order valence-corrected chi connectivity index (χ2v) is 4.43. The predicted molar refractivity (Wildman–Crippen MR) is 53.0 cm³/mol. The molecule has 0 radical (unpaired) electrons. The number of hydrogen-bond donors (Lipinski definition) is 2. The van der Waals surface area contributed by atoms with Crippen LogP contribution in [0.5, 0.6) is 0 Å². The summed E-state index contributed by atoms with van der Waals surface area (Å²) in [5.74, 6) is 0. The van der Waals surface area contributed by atoms with Crippen molar-refractivity contribution in [2.24, 2.45) is 0 Å². The molecule has 0 aliphatic rings. The van der Waals surface area contributed by atoms with Gasteiger partial charge in [-0.2, -0.15) is 13.2 Å². The first-order chi connectivity index (χ1) is 7.36. The van der Waals surface area contributed by atoms with Gasteiger partial charge < -0.3 is 10.2 Å². The highest BCUT2D eigenvalue weighted by molar-refractivity contribution is 7.11. The average Bonchev–Trinajstić information content (AvgIpc) is 2.65. The fourth-order valence-electron chi connectivity index (χ4n) is 1.20. The van der Waals surface area contributed by atoms with E-state index in [1.165, 1.54) is 0 Å². The van der Waals surface area contributed by atoms with Crippen molar-refractivity contribution in [1.29, 1.82) is 0 Å². The fraction of sp³-hybridized carbons (Fsp3) is 0.667. The van der Waals surface area contributed by atoms with E-state index >= 15 is 0 Å². The molecular weight excluding hydrogens is 243 g/mol. The van der Waals surface area contributed by atoms with Crippen molar-refractivity contribution in [1.82, 2.24) is 4.98 Å². The summed E-state index contributed by atoms with van der Waals surface area (Å²) in [5, 5.41) is 18.0. The molecule has 0 bridgehead atoms. The lowest BCUT2D eigenvalue weighted by Crippen LogP contribution is -2.16. The van der Waals surface area contributed by atoms with Crippen molar-refractivity contribution in [2.45, 2.75) is 38.1 Å². The molecule has 0 spiro atoms. The molecule has 7 heteroatoms. The quantitative estimate of drug-likeness (QED) is 0.868. The second kappa shape index (κ2) is 5.11. The molecule has 92 valence electrons. The van der Waals surface area contributed by atoms with Gasteiger partial charge >= 0.3 is 6.18 Å². The Balaban J connectivity index is 2.78. The van der Waals surface area contributed by atoms with E-state index in [2.05, 4.69) is 4.98 Å². The number of halogens is 3. The van der Waals surface area contributed by atoms with Gasteiger partial charge in [-0.15, -0.1) is 11.3 Å². The topological polar surface area (TPSA) is 53.4 Å². The van der Waals surface area contributed by atoms with E-state index in [-0.39, 0.29) is 4.88 Å². The third-order valence-corrected chi connectivity index (χ3v) is 3.12. The molecule has 0 amide bonds. The van der Waals surface area contributed by atoms with Crippen LogP contribution in [0.15, 0.2) is 6.20 Å². The summed E-state index contributed by atoms with van der Waals surface area (Å²) >= 11 is 0.356. The van der Waals surface area contributed by atoms with E-state index in [4.69, 9.17) is 0 Å². The normalized spacial score (nSPS) is 16.1. The van der Waals surface area contributed by atoms with Crippen molar-refractivity contribution in [3.8, 4) is 0 Å². The molecule has 0 aromatic carbocycles. The molecule has 1 rings (SSSR count). The van der Waals surface area contributed by atoms with Crippen molar-refractivity contribution >= 4 is 11.3 Å². The monoisotopic (exact) mass is 255 g/mol. The summed E-state index contributed by atoms with van der Waals surface area (Å²) in [4.78, 5) is 3.21. The minimum Gasteiger partial charge on any atom is -0.390 e. The summed E-state index contributed by atoms with van der Waals surface area (Å²) < 4.78 is 36.7. The van der Waals surface area contributed by atoms with E-state index in [1.807, 2.05) is 6.92 Å². The number of nitrogens with zero attached hydrogens (tertiary/aromatic N) is 1. The van der Waals surface area contributed by atoms with Crippen LogP contribution in [0.1, 0.15) is 35.8 Å². The molecule has 1 aromatic heterocycles. The van der Waals surface area contributed by atoms with Crippen LogP contribution in [0.2, 0.25) is 0 Å². The molecule has 2 N–H and O–H groups in total. The number of aliphatic hydroxyl groups excluding tert-OH is 2. The highest BCUT2D eigenvalue weighted by Gasteiger charge is 2.35. The van der Waals surface area contributed by atoms with Crippen LogP contribution in [-0.2, 0) is 6.18 Å². The summed E-state index contributed by atoms with van der Waals surface area (Å²) in [6.45, 7) is 1.81. The van der Waals surface area contributed by atoms with Gasteiger partial charge in [0.15, 0.2) is 5.01 Å². The summed E-state index contributed by atoms with van der Waals surface area (Å²) in [6, 6.07) is 0. The van der Waals surface area contributed by atoms with Crippen LogP contribution in [0, 0.1) is 0 Å². The zero-order valence-corrected chi connectivity index (χ0v) is 9.35. The first kappa shape index (κ1) is 13.4. The lowest BCUT2D eigenvalue weighted by atomic mass is 10.1. The van der Waals surface area contributed by atoms with Crippen molar-refractivity contribution in [2.75, 3.05) is 0 Å². The highest BCUT2D eigenvalue weighted by atomic mass is 32.1. The standard InChI is InChI=1S/C9H12F3NO2S/c1-2-3-5(14)7(15)6-4-13-8(16-6)9(10,11)12/h4-5,7,14-15H,2-3H2,1H3. The van der Waals surface area contributed by atoms with E-state index in [0.29, 0.717) is 24.2 Å². The maximum atomic E-state index is 12.2. The largest absolute Gasteiger partial charge is 0.443 e. The predicted octanol–water partition coefficient (Wildman–Crippen LogP) is 2.36. The van der Waals surface area contributed by atoms with Crippen LogP contribution in [-0.4, -0.2) is 21.3 Å². The first-order valence-corrected chi connectivity index (χ1v) is 5.57. The van der Waals surface area contributed by atoms with Crippen LogP contribution < -0.4 is 0 Å². The number of alkyl halides is 3. The van der Waals surface area contributed by atoms with Gasteiger partial charge in [0.05, 0.1) is 11.0 Å². The second-order valence-electron chi connectivity index (χ2n) is 3.37. The Bertz CT molecular complexity index is 340. The Hall–Kier alpha value is -0.660. The zero-order chi connectivity index (χ0) is 12.3. The maximum absolute atomic E-state index is 12.2. The molecule has 2 unspecified atom stereocenters. The van der Waals surface area contributed by atoms with E-state index in [0.717, 1.165) is 6.20 Å². The molecule has 0 saturated heterocycles. The Morgan fingerprint density at radius 3 is 2.50 bits per heavy atom. The molecule has 0 saturated carbocycles. The van der Waals surface area contributed by atoms with Crippen LogP contribution in [0.3, 0.4) is 0 Å². The van der Waals surface area contributed by atoms with Gasteiger partial charge in [-0.05, 0) is 6.42 Å². The Labute approximate surface area is 94.6 Å². The SMILES string of the molecule is CCCC(O)C(O)c1cnc(C(F)(F)F)s1. The average molecular weight is 255 g/mol. The molecule has 1 aromatic rings. The molecule has 1 heterocycles. The summed E-state index contributed by atoms with van der Waals surface area (Å²) in [7, 11) is 0. The fourth-order valence-corrected chi connectivity index (χ4v) is 2.03. The highest BCUT2D eigenvalue weighted by Crippen LogP contribution is 2.35. The lowest BCUT2D eigenvalue weighted by Gasteiger charge is -2.14. The van der Waals surface area contributed by atoms with Crippen LogP contribution in [0.4, 0.5) is 13.2 Å². The molecule has 0 aliphatic carbocycles. The van der Waals surface area contributed by atoms with E-state index < -0.39 is 23.4 Å². The van der Waals surface area contributed by atoms with E-state index in [1.54, 1.807) is 0 Å². The third kappa shape index (κ3) is 3.16.